The second-order valence-corrected chi connectivity index (χ2v) is 3.17. The Morgan fingerprint density at radius 2 is 2.25 bits per heavy atom. The molecule has 1 heterocycles. The summed E-state index contributed by atoms with van der Waals surface area (Å²) in [5.41, 5.74) is 0. The monoisotopic (exact) mass is 175 g/mol. The van der Waals surface area contributed by atoms with E-state index in [9.17, 15) is 5.11 Å². The molecule has 4 nitrogen and oxygen atoms in total. The van der Waals surface area contributed by atoms with Crippen LogP contribution in [0.15, 0.2) is 0 Å². The fourth-order valence-electron chi connectivity index (χ4n) is 1.54. The average Bonchev–Trinajstić information content (AvgIpc) is 2.08. The van der Waals surface area contributed by atoms with E-state index in [0.29, 0.717) is 0 Å². The summed E-state index contributed by atoms with van der Waals surface area (Å²) in [5.74, 6) is 0. The van der Waals surface area contributed by atoms with Gasteiger partial charge in [0.1, 0.15) is 6.10 Å². The topological polar surface area (TPSA) is 50.7 Å². The Balaban J connectivity index is 2.55. The third-order valence-corrected chi connectivity index (χ3v) is 2.25. The molecule has 0 aromatic carbocycles. The van der Waals surface area contributed by atoms with Crippen molar-refractivity contribution in [3.05, 3.63) is 0 Å². The lowest BCUT2D eigenvalue weighted by molar-refractivity contribution is -0.233. The number of hydrogen-bond acceptors (Lipinski definition) is 4. The Morgan fingerprint density at radius 1 is 1.58 bits per heavy atom. The van der Waals surface area contributed by atoms with E-state index in [2.05, 4.69) is 5.32 Å². The molecule has 0 aliphatic carbocycles. The van der Waals surface area contributed by atoms with Crippen molar-refractivity contribution in [1.29, 1.82) is 0 Å². The van der Waals surface area contributed by atoms with Crippen LogP contribution in [-0.4, -0.2) is 43.8 Å². The van der Waals surface area contributed by atoms with Gasteiger partial charge in [0.2, 0.25) is 0 Å². The van der Waals surface area contributed by atoms with Crippen molar-refractivity contribution in [2.75, 3.05) is 14.2 Å². The van der Waals surface area contributed by atoms with Crippen molar-refractivity contribution in [1.82, 2.24) is 5.32 Å². The molecule has 0 aromatic rings. The summed E-state index contributed by atoms with van der Waals surface area (Å²) >= 11 is 0. The molecule has 0 spiro atoms. The molecule has 72 valence electrons. The highest BCUT2D eigenvalue weighted by Crippen LogP contribution is 2.19. The number of rotatable bonds is 2. The van der Waals surface area contributed by atoms with E-state index < -0.39 is 12.4 Å². The molecule has 4 atom stereocenters. The van der Waals surface area contributed by atoms with Crippen molar-refractivity contribution in [3.8, 4) is 0 Å². The highest BCUT2D eigenvalue weighted by molar-refractivity contribution is 4.83. The fraction of sp³-hybridized carbons (Fsp3) is 1.00. The third kappa shape index (κ3) is 1.95. The summed E-state index contributed by atoms with van der Waals surface area (Å²) in [7, 11) is 3.37. The van der Waals surface area contributed by atoms with Crippen LogP contribution in [0.3, 0.4) is 0 Å². The number of aliphatic hydroxyl groups excluding tert-OH is 1. The van der Waals surface area contributed by atoms with Crippen molar-refractivity contribution >= 4 is 0 Å². The summed E-state index contributed by atoms with van der Waals surface area (Å²) in [5, 5.41) is 12.7. The zero-order valence-electron chi connectivity index (χ0n) is 7.78. The van der Waals surface area contributed by atoms with Crippen LogP contribution < -0.4 is 5.32 Å². The predicted molar refractivity (Wildman–Crippen MR) is 44.8 cm³/mol. The molecular formula is C8H17NO3. The molecule has 0 amide bonds. The first kappa shape index (κ1) is 9.92. The van der Waals surface area contributed by atoms with Crippen LogP contribution in [0, 0.1) is 0 Å². The van der Waals surface area contributed by atoms with Gasteiger partial charge in [0.05, 0.1) is 6.10 Å². The molecule has 0 unspecified atom stereocenters. The van der Waals surface area contributed by atoms with Crippen molar-refractivity contribution in [2.24, 2.45) is 0 Å². The maximum Gasteiger partial charge on any atom is 0.184 e. The molecule has 0 radical (unpaired) electrons. The quantitative estimate of drug-likeness (QED) is 0.606. The van der Waals surface area contributed by atoms with Crippen molar-refractivity contribution in [3.63, 3.8) is 0 Å². The van der Waals surface area contributed by atoms with E-state index in [4.69, 9.17) is 9.47 Å². The highest BCUT2D eigenvalue weighted by atomic mass is 16.7. The summed E-state index contributed by atoms with van der Waals surface area (Å²) < 4.78 is 10.4. The molecule has 0 bridgehead atoms. The Labute approximate surface area is 72.9 Å². The molecule has 1 aliphatic heterocycles. The van der Waals surface area contributed by atoms with Gasteiger partial charge in [-0.25, -0.2) is 0 Å². The van der Waals surface area contributed by atoms with Gasteiger partial charge in [0.25, 0.3) is 0 Å². The number of likely N-dealkylation sites (N-methyl/N-ethyl adjacent to an activating group) is 1. The maximum atomic E-state index is 9.63. The Kier molecular flexibility index (Phi) is 3.46. The zero-order chi connectivity index (χ0) is 9.14. The van der Waals surface area contributed by atoms with Crippen molar-refractivity contribution in [2.45, 2.75) is 37.9 Å². The van der Waals surface area contributed by atoms with E-state index in [1.807, 2.05) is 14.0 Å². The second kappa shape index (κ2) is 4.18. The normalized spacial score (nSPS) is 43.0. The first-order chi connectivity index (χ1) is 5.69. The van der Waals surface area contributed by atoms with Gasteiger partial charge in [0, 0.05) is 13.2 Å². The first-order valence-corrected chi connectivity index (χ1v) is 4.22. The van der Waals surface area contributed by atoms with Gasteiger partial charge >= 0.3 is 0 Å². The molecule has 0 aromatic heterocycles. The molecule has 1 rings (SSSR count). The second-order valence-electron chi connectivity index (χ2n) is 3.17. The summed E-state index contributed by atoms with van der Waals surface area (Å²) in [6, 6.07) is 0.0682. The molecule has 0 saturated carbocycles. The molecule has 1 fully saturated rings. The van der Waals surface area contributed by atoms with E-state index in [-0.39, 0.29) is 12.1 Å². The van der Waals surface area contributed by atoms with Crippen LogP contribution in [-0.2, 0) is 9.47 Å². The summed E-state index contributed by atoms with van der Waals surface area (Å²) in [6.45, 7) is 1.97. The highest BCUT2D eigenvalue weighted by Gasteiger charge is 2.34. The van der Waals surface area contributed by atoms with Crippen LogP contribution in [0.1, 0.15) is 13.3 Å². The molecule has 1 aliphatic rings. The van der Waals surface area contributed by atoms with Gasteiger partial charge < -0.3 is 19.9 Å². The predicted octanol–water partition coefficient (Wildman–Crippen LogP) is -0.283. The number of hydrogen-bond donors (Lipinski definition) is 2. The SMILES string of the molecule is CN[C@H]1C[C@@H](C)O[C@@H](OC)[C@@H]1O. The average molecular weight is 175 g/mol. The number of nitrogens with one attached hydrogen (secondary N) is 1. The Morgan fingerprint density at radius 3 is 2.75 bits per heavy atom. The number of ether oxygens (including phenoxy) is 2. The number of aliphatic hydroxyl groups is 1. The maximum absolute atomic E-state index is 9.63. The summed E-state index contributed by atoms with van der Waals surface area (Å²) in [6.07, 6.45) is -0.115. The van der Waals surface area contributed by atoms with E-state index in [1.54, 1.807) is 7.11 Å². The molecule has 1 saturated heterocycles. The Hall–Kier alpha value is -0.160. The largest absolute Gasteiger partial charge is 0.386 e. The first-order valence-electron chi connectivity index (χ1n) is 4.22. The van der Waals surface area contributed by atoms with Crippen LogP contribution in [0.4, 0.5) is 0 Å². The Bertz CT molecular complexity index is 128. The van der Waals surface area contributed by atoms with E-state index in [1.165, 1.54) is 0 Å². The van der Waals surface area contributed by atoms with E-state index in [0.717, 1.165) is 6.42 Å². The molecule has 4 heteroatoms. The lowest BCUT2D eigenvalue weighted by Gasteiger charge is -2.37. The number of methoxy groups -OCH3 is 1. The molecule has 12 heavy (non-hydrogen) atoms. The van der Waals surface area contributed by atoms with Crippen LogP contribution in [0.25, 0.3) is 0 Å². The van der Waals surface area contributed by atoms with E-state index >= 15 is 0 Å². The van der Waals surface area contributed by atoms with Crippen LogP contribution in [0.2, 0.25) is 0 Å². The van der Waals surface area contributed by atoms with Gasteiger partial charge in [-0.15, -0.1) is 0 Å². The summed E-state index contributed by atoms with van der Waals surface area (Å²) in [4.78, 5) is 0. The minimum Gasteiger partial charge on any atom is -0.386 e. The minimum absolute atomic E-state index is 0.0682. The van der Waals surface area contributed by atoms with Gasteiger partial charge in [-0.2, -0.15) is 0 Å². The lowest BCUT2D eigenvalue weighted by atomic mass is 10.0. The van der Waals surface area contributed by atoms with Gasteiger partial charge in [0.15, 0.2) is 6.29 Å². The van der Waals surface area contributed by atoms with Gasteiger partial charge in [-0.1, -0.05) is 0 Å². The van der Waals surface area contributed by atoms with Crippen LogP contribution >= 0.6 is 0 Å². The van der Waals surface area contributed by atoms with Crippen molar-refractivity contribution < 1.29 is 14.6 Å². The molecule has 2 N–H and O–H groups in total. The molecular weight excluding hydrogens is 158 g/mol. The van der Waals surface area contributed by atoms with Crippen LogP contribution in [0.5, 0.6) is 0 Å². The van der Waals surface area contributed by atoms with Gasteiger partial charge in [-0.05, 0) is 20.4 Å². The van der Waals surface area contributed by atoms with Gasteiger partial charge in [-0.3, -0.25) is 0 Å². The smallest absolute Gasteiger partial charge is 0.184 e. The fourth-order valence-corrected chi connectivity index (χ4v) is 1.54. The minimum atomic E-state index is -0.573. The zero-order valence-corrected chi connectivity index (χ0v) is 7.78. The third-order valence-electron chi connectivity index (χ3n) is 2.25. The lowest BCUT2D eigenvalue weighted by Crippen LogP contribution is -2.53. The standard InChI is InChI=1S/C8H17NO3/c1-5-4-6(9-2)7(10)8(11-3)12-5/h5-10H,4H2,1-3H3/t5-,6+,7-,8-/m1/s1.